The zero-order chi connectivity index (χ0) is 19.2. The fraction of sp³-hybridized carbons (Fsp3) is 0.333. The van der Waals surface area contributed by atoms with Crippen LogP contribution in [0.15, 0.2) is 69.3 Å². The van der Waals surface area contributed by atoms with Gasteiger partial charge in [0.2, 0.25) is 19.9 Å². The second-order valence-corrected chi connectivity index (χ2v) is 9.43. The van der Waals surface area contributed by atoms with Crippen LogP contribution >= 0.6 is 0 Å². The third kappa shape index (κ3) is 4.91. The molecule has 0 spiro atoms. The molecule has 0 saturated heterocycles. The van der Waals surface area contributed by atoms with E-state index in [0.717, 1.165) is 13.1 Å². The summed E-state index contributed by atoms with van der Waals surface area (Å²) in [6.07, 6.45) is 0. The van der Waals surface area contributed by atoms with Crippen molar-refractivity contribution < 1.29 is 16.8 Å². The van der Waals surface area contributed by atoms with Crippen LogP contribution in [-0.4, -0.2) is 47.9 Å². The van der Waals surface area contributed by atoms with Crippen LogP contribution in [0.1, 0.15) is 13.8 Å². The van der Waals surface area contributed by atoms with Crippen LogP contribution in [0.25, 0.3) is 0 Å². The minimum Gasteiger partial charge on any atom is -0.303 e. The van der Waals surface area contributed by atoms with Gasteiger partial charge in [0.05, 0.1) is 14.7 Å². The number of hydrogen-bond acceptors (Lipinski definition) is 5. The van der Waals surface area contributed by atoms with E-state index in [-0.39, 0.29) is 21.2 Å². The van der Waals surface area contributed by atoms with E-state index >= 15 is 0 Å². The molecule has 142 valence electrons. The first-order chi connectivity index (χ1) is 12.3. The maximum atomic E-state index is 12.7. The molecule has 0 heterocycles. The zero-order valence-corrected chi connectivity index (χ0v) is 16.6. The third-order valence-corrected chi connectivity index (χ3v) is 7.32. The second kappa shape index (κ2) is 8.77. The molecule has 2 aromatic rings. The predicted octanol–water partition coefficient (Wildman–Crippen LogP) is 2.14. The van der Waals surface area contributed by atoms with Crippen LogP contribution in [0.2, 0.25) is 0 Å². The van der Waals surface area contributed by atoms with Gasteiger partial charge in [0, 0.05) is 13.1 Å². The average Bonchev–Trinajstić information content (AvgIpc) is 2.66. The van der Waals surface area contributed by atoms with Crippen LogP contribution in [0.4, 0.5) is 0 Å². The van der Waals surface area contributed by atoms with Gasteiger partial charge in [-0.3, -0.25) is 0 Å². The van der Waals surface area contributed by atoms with Crippen molar-refractivity contribution in [3.05, 3.63) is 54.6 Å². The van der Waals surface area contributed by atoms with Crippen molar-refractivity contribution in [1.29, 1.82) is 0 Å². The quantitative estimate of drug-likeness (QED) is 0.702. The molecule has 8 heteroatoms. The molecule has 0 unspecified atom stereocenters. The molecule has 0 aliphatic heterocycles. The molecule has 0 atom stereocenters. The van der Waals surface area contributed by atoms with Crippen molar-refractivity contribution in [1.82, 2.24) is 9.62 Å². The summed E-state index contributed by atoms with van der Waals surface area (Å²) in [5.74, 6) is 0. The van der Waals surface area contributed by atoms with E-state index in [4.69, 9.17) is 0 Å². The van der Waals surface area contributed by atoms with E-state index in [1.807, 2.05) is 13.8 Å². The Morgan fingerprint density at radius 2 is 1.38 bits per heavy atom. The van der Waals surface area contributed by atoms with E-state index in [1.54, 1.807) is 18.2 Å². The molecule has 0 radical (unpaired) electrons. The van der Waals surface area contributed by atoms with Gasteiger partial charge in [-0.15, -0.1) is 0 Å². The van der Waals surface area contributed by atoms with Crippen molar-refractivity contribution in [2.75, 3.05) is 26.2 Å². The maximum absolute atomic E-state index is 12.7. The van der Waals surface area contributed by atoms with Gasteiger partial charge in [0.1, 0.15) is 0 Å². The maximum Gasteiger partial charge on any atom is 0.240 e. The summed E-state index contributed by atoms with van der Waals surface area (Å²) in [5.41, 5.74) is 0. The lowest BCUT2D eigenvalue weighted by Gasteiger charge is -2.18. The van der Waals surface area contributed by atoms with E-state index in [0.29, 0.717) is 6.54 Å². The lowest BCUT2D eigenvalue weighted by Crippen LogP contribution is -2.34. The summed E-state index contributed by atoms with van der Waals surface area (Å²) in [7, 11) is -7.54. The normalized spacial score (nSPS) is 12.4. The summed E-state index contributed by atoms with van der Waals surface area (Å²) in [6.45, 7) is 6.55. The number of sulfonamides is 1. The van der Waals surface area contributed by atoms with E-state index in [1.165, 1.54) is 36.4 Å². The van der Waals surface area contributed by atoms with E-state index in [9.17, 15) is 16.8 Å². The Hall–Kier alpha value is -1.74. The first-order valence-electron chi connectivity index (χ1n) is 8.43. The highest BCUT2D eigenvalue weighted by molar-refractivity contribution is 7.91. The molecule has 26 heavy (non-hydrogen) atoms. The highest BCUT2D eigenvalue weighted by Gasteiger charge is 2.21. The Labute approximate surface area is 155 Å². The first kappa shape index (κ1) is 20.6. The number of nitrogens with zero attached hydrogens (tertiary/aromatic N) is 1. The van der Waals surface area contributed by atoms with E-state index in [2.05, 4.69) is 9.62 Å². The van der Waals surface area contributed by atoms with Crippen LogP contribution in [-0.2, 0) is 19.9 Å². The van der Waals surface area contributed by atoms with Gasteiger partial charge in [-0.2, -0.15) is 0 Å². The summed E-state index contributed by atoms with van der Waals surface area (Å²) in [6, 6.07) is 13.4. The standard InChI is InChI=1S/C18H24N2O4S2/c1-3-20(4-2)14-13-19-26(23,24)18-12-8-11-17(15-18)25(21,22)16-9-6-5-7-10-16/h5-12,15,19H,3-4,13-14H2,1-2H3. The number of sulfone groups is 1. The van der Waals surface area contributed by atoms with Crippen LogP contribution < -0.4 is 4.72 Å². The molecule has 0 aromatic heterocycles. The molecule has 6 nitrogen and oxygen atoms in total. The van der Waals surface area contributed by atoms with Crippen LogP contribution in [0.5, 0.6) is 0 Å². The molecule has 2 rings (SSSR count). The van der Waals surface area contributed by atoms with Crippen molar-refractivity contribution in [2.24, 2.45) is 0 Å². The van der Waals surface area contributed by atoms with Crippen molar-refractivity contribution in [3.8, 4) is 0 Å². The van der Waals surface area contributed by atoms with Gasteiger partial charge < -0.3 is 4.90 Å². The molecule has 1 N–H and O–H groups in total. The van der Waals surface area contributed by atoms with Crippen molar-refractivity contribution in [3.63, 3.8) is 0 Å². The van der Waals surface area contributed by atoms with Gasteiger partial charge in [-0.1, -0.05) is 38.1 Å². The lowest BCUT2D eigenvalue weighted by molar-refractivity contribution is 0.309. The van der Waals surface area contributed by atoms with Gasteiger partial charge in [-0.25, -0.2) is 21.6 Å². The molecule has 0 fully saturated rings. The molecule has 0 saturated carbocycles. The number of benzene rings is 2. The summed E-state index contributed by atoms with van der Waals surface area (Å²) >= 11 is 0. The van der Waals surface area contributed by atoms with E-state index < -0.39 is 19.9 Å². The Morgan fingerprint density at radius 3 is 2.00 bits per heavy atom. The van der Waals surface area contributed by atoms with Crippen molar-refractivity contribution >= 4 is 19.9 Å². The minimum absolute atomic E-state index is 0.0460. The number of nitrogens with one attached hydrogen (secondary N) is 1. The van der Waals surface area contributed by atoms with Gasteiger partial charge in [0.25, 0.3) is 0 Å². The largest absolute Gasteiger partial charge is 0.303 e. The van der Waals surface area contributed by atoms with Crippen molar-refractivity contribution in [2.45, 2.75) is 28.5 Å². The first-order valence-corrected chi connectivity index (χ1v) is 11.4. The zero-order valence-electron chi connectivity index (χ0n) is 14.9. The molecule has 0 aliphatic carbocycles. The second-order valence-electron chi connectivity index (χ2n) is 5.72. The van der Waals surface area contributed by atoms with Crippen LogP contribution in [0.3, 0.4) is 0 Å². The molecule has 0 amide bonds. The highest BCUT2D eigenvalue weighted by Crippen LogP contribution is 2.22. The molecular weight excluding hydrogens is 372 g/mol. The van der Waals surface area contributed by atoms with Crippen LogP contribution in [0, 0.1) is 0 Å². The minimum atomic E-state index is -3.78. The summed E-state index contributed by atoms with van der Waals surface area (Å²) in [4.78, 5) is 2.12. The van der Waals surface area contributed by atoms with Gasteiger partial charge in [-0.05, 0) is 43.4 Å². The Balaban J connectivity index is 2.23. The Kier molecular flexibility index (Phi) is 6.94. The SMILES string of the molecule is CCN(CC)CCNS(=O)(=O)c1cccc(S(=O)(=O)c2ccccc2)c1. The van der Waals surface area contributed by atoms with Gasteiger partial charge >= 0.3 is 0 Å². The van der Waals surface area contributed by atoms with Gasteiger partial charge in [0.15, 0.2) is 0 Å². The molecule has 0 aliphatic rings. The highest BCUT2D eigenvalue weighted by atomic mass is 32.2. The molecular formula is C18H24N2O4S2. The number of hydrogen-bond donors (Lipinski definition) is 1. The molecule has 0 bridgehead atoms. The predicted molar refractivity (Wildman–Crippen MR) is 101 cm³/mol. The number of likely N-dealkylation sites (N-methyl/N-ethyl adjacent to an activating group) is 1. The fourth-order valence-electron chi connectivity index (χ4n) is 2.51. The Morgan fingerprint density at radius 1 is 0.808 bits per heavy atom. The summed E-state index contributed by atoms with van der Waals surface area (Å²) < 4.78 is 52.8. The Bertz CT molecular complexity index is 923. The number of rotatable bonds is 9. The summed E-state index contributed by atoms with van der Waals surface area (Å²) in [5, 5.41) is 0. The topological polar surface area (TPSA) is 83.6 Å². The smallest absolute Gasteiger partial charge is 0.240 e. The monoisotopic (exact) mass is 396 g/mol. The molecule has 2 aromatic carbocycles. The third-order valence-electron chi connectivity index (χ3n) is 4.09. The average molecular weight is 397 g/mol. The lowest BCUT2D eigenvalue weighted by atomic mass is 10.4. The fourth-order valence-corrected chi connectivity index (χ4v) is 4.97.